The Labute approximate surface area is 118 Å². The predicted octanol–water partition coefficient (Wildman–Crippen LogP) is 2.67. The highest BCUT2D eigenvalue weighted by molar-refractivity contribution is 4.77. The molecule has 0 bridgehead atoms. The van der Waals surface area contributed by atoms with Crippen LogP contribution in [0.2, 0.25) is 0 Å². The molecule has 3 atom stereocenters. The number of hydrogen-bond donors (Lipinski definition) is 1. The third-order valence-electron chi connectivity index (χ3n) is 4.49. The van der Waals surface area contributed by atoms with E-state index in [4.69, 9.17) is 4.74 Å². The fraction of sp³-hybridized carbons (Fsp3) is 1.00. The van der Waals surface area contributed by atoms with Gasteiger partial charge in [-0.1, -0.05) is 33.1 Å². The molecule has 1 N–H and O–H groups in total. The molecule has 112 valence electrons. The first-order valence-corrected chi connectivity index (χ1v) is 8.15. The van der Waals surface area contributed by atoms with Gasteiger partial charge in [0.05, 0.1) is 18.8 Å². The van der Waals surface area contributed by atoms with Crippen LogP contribution in [-0.4, -0.2) is 48.5 Å². The van der Waals surface area contributed by atoms with Crippen molar-refractivity contribution >= 4 is 0 Å². The maximum Gasteiger partial charge on any atom is 0.0900 e. The van der Waals surface area contributed by atoms with E-state index < -0.39 is 0 Å². The lowest BCUT2D eigenvalue weighted by atomic mass is 9.92. The summed E-state index contributed by atoms with van der Waals surface area (Å²) in [6.45, 7) is 8.18. The van der Waals surface area contributed by atoms with Crippen molar-refractivity contribution < 1.29 is 9.84 Å². The molecule has 19 heavy (non-hydrogen) atoms. The van der Waals surface area contributed by atoms with E-state index in [0.29, 0.717) is 12.7 Å². The summed E-state index contributed by atoms with van der Waals surface area (Å²) < 4.78 is 5.86. The number of ether oxygens (including phenoxy) is 1. The van der Waals surface area contributed by atoms with Crippen LogP contribution in [0.4, 0.5) is 0 Å². The van der Waals surface area contributed by atoms with E-state index in [-0.39, 0.29) is 6.10 Å². The Balaban J connectivity index is 1.64. The van der Waals surface area contributed by atoms with E-state index in [0.717, 1.165) is 31.5 Å². The van der Waals surface area contributed by atoms with Gasteiger partial charge in [0.2, 0.25) is 0 Å². The van der Waals surface area contributed by atoms with Crippen LogP contribution >= 0.6 is 0 Å². The maximum atomic E-state index is 10.1. The fourth-order valence-corrected chi connectivity index (χ4v) is 3.77. The van der Waals surface area contributed by atoms with Crippen molar-refractivity contribution in [2.75, 3.05) is 26.2 Å². The van der Waals surface area contributed by atoms with Gasteiger partial charge in [0.15, 0.2) is 0 Å². The molecule has 2 aliphatic rings. The number of aliphatic hydroxyl groups excluding tert-OH is 1. The Hall–Kier alpha value is -0.120. The van der Waals surface area contributed by atoms with Crippen LogP contribution in [-0.2, 0) is 4.74 Å². The second-order valence-electron chi connectivity index (χ2n) is 6.91. The molecule has 2 fully saturated rings. The van der Waals surface area contributed by atoms with Gasteiger partial charge < -0.3 is 14.7 Å². The normalized spacial score (nSPS) is 32.4. The van der Waals surface area contributed by atoms with E-state index in [1.165, 1.54) is 38.5 Å². The molecule has 0 spiro atoms. The van der Waals surface area contributed by atoms with Crippen molar-refractivity contribution in [3.63, 3.8) is 0 Å². The van der Waals surface area contributed by atoms with E-state index in [9.17, 15) is 5.11 Å². The standard InChI is InChI=1S/C16H31NO2/c1-13-8-14(2)10-17(9-13)11-15(18)12-19-16-6-4-3-5-7-16/h13-16,18H,3-12H2,1-2H3/t13-,14+,15-/m0/s1. The fourth-order valence-electron chi connectivity index (χ4n) is 3.77. The molecule has 1 saturated heterocycles. The average molecular weight is 269 g/mol. The first-order chi connectivity index (χ1) is 9.13. The largest absolute Gasteiger partial charge is 0.389 e. The summed E-state index contributed by atoms with van der Waals surface area (Å²) in [5, 5.41) is 10.1. The lowest BCUT2D eigenvalue weighted by Gasteiger charge is -2.36. The van der Waals surface area contributed by atoms with Crippen molar-refractivity contribution in [2.24, 2.45) is 11.8 Å². The van der Waals surface area contributed by atoms with Crippen LogP contribution < -0.4 is 0 Å². The predicted molar refractivity (Wildman–Crippen MR) is 78.2 cm³/mol. The van der Waals surface area contributed by atoms with Crippen LogP contribution in [0.1, 0.15) is 52.4 Å². The molecule has 1 aliphatic heterocycles. The molecule has 0 aromatic heterocycles. The zero-order valence-electron chi connectivity index (χ0n) is 12.7. The SMILES string of the molecule is C[C@@H]1C[C@H](C)CN(C[C@H](O)COC2CCCCC2)C1. The quantitative estimate of drug-likeness (QED) is 0.833. The molecule has 3 heteroatoms. The number of likely N-dealkylation sites (tertiary alicyclic amines) is 1. The van der Waals surface area contributed by atoms with Crippen molar-refractivity contribution in [3.8, 4) is 0 Å². The van der Waals surface area contributed by atoms with Gasteiger partial charge >= 0.3 is 0 Å². The molecular weight excluding hydrogens is 238 g/mol. The van der Waals surface area contributed by atoms with Crippen molar-refractivity contribution in [3.05, 3.63) is 0 Å². The second kappa shape index (κ2) is 7.61. The van der Waals surface area contributed by atoms with Crippen LogP contribution in [0.15, 0.2) is 0 Å². The van der Waals surface area contributed by atoms with Crippen LogP contribution in [0.5, 0.6) is 0 Å². The monoisotopic (exact) mass is 269 g/mol. The third-order valence-corrected chi connectivity index (χ3v) is 4.49. The Bertz CT molecular complexity index is 243. The minimum atomic E-state index is -0.320. The summed E-state index contributed by atoms with van der Waals surface area (Å²) in [7, 11) is 0. The first kappa shape index (κ1) is 15.3. The van der Waals surface area contributed by atoms with Gasteiger partial charge in [-0.05, 0) is 31.1 Å². The van der Waals surface area contributed by atoms with E-state index >= 15 is 0 Å². The molecule has 0 aromatic carbocycles. The number of nitrogens with zero attached hydrogens (tertiary/aromatic N) is 1. The maximum absolute atomic E-state index is 10.1. The zero-order valence-corrected chi connectivity index (χ0v) is 12.7. The zero-order chi connectivity index (χ0) is 13.7. The van der Waals surface area contributed by atoms with Gasteiger partial charge in [-0.25, -0.2) is 0 Å². The summed E-state index contributed by atoms with van der Waals surface area (Å²) in [6.07, 6.45) is 7.72. The van der Waals surface area contributed by atoms with Crippen LogP contribution in [0, 0.1) is 11.8 Å². The lowest BCUT2D eigenvalue weighted by molar-refractivity contribution is -0.0382. The molecule has 0 radical (unpaired) electrons. The third kappa shape index (κ3) is 5.41. The van der Waals surface area contributed by atoms with Gasteiger partial charge in [-0.2, -0.15) is 0 Å². The van der Waals surface area contributed by atoms with Gasteiger partial charge in [-0.15, -0.1) is 0 Å². The highest BCUT2D eigenvalue weighted by atomic mass is 16.5. The Morgan fingerprint density at radius 1 is 1.11 bits per heavy atom. The van der Waals surface area contributed by atoms with Gasteiger partial charge in [-0.3, -0.25) is 0 Å². The Morgan fingerprint density at radius 2 is 1.74 bits per heavy atom. The van der Waals surface area contributed by atoms with Crippen LogP contribution in [0.25, 0.3) is 0 Å². The van der Waals surface area contributed by atoms with E-state index in [1.54, 1.807) is 0 Å². The van der Waals surface area contributed by atoms with Gasteiger partial charge in [0.25, 0.3) is 0 Å². The molecule has 1 saturated carbocycles. The highest BCUT2D eigenvalue weighted by Gasteiger charge is 2.24. The minimum Gasteiger partial charge on any atom is -0.389 e. The van der Waals surface area contributed by atoms with Gasteiger partial charge in [0.1, 0.15) is 0 Å². The number of rotatable bonds is 5. The summed E-state index contributed by atoms with van der Waals surface area (Å²) in [6, 6.07) is 0. The molecule has 0 amide bonds. The summed E-state index contributed by atoms with van der Waals surface area (Å²) >= 11 is 0. The Kier molecular flexibility index (Phi) is 6.11. The topological polar surface area (TPSA) is 32.7 Å². The molecule has 3 nitrogen and oxygen atoms in total. The number of hydrogen-bond acceptors (Lipinski definition) is 3. The van der Waals surface area contributed by atoms with Crippen molar-refractivity contribution in [2.45, 2.75) is 64.6 Å². The lowest BCUT2D eigenvalue weighted by Crippen LogP contribution is -2.44. The van der Waals surface area contributed by atoms with E-state index in [2.05, 4.69) is 18.7 Å². The van der Waals surface area contributed by atoms with Crippen LogP contribution in [0.3, 0.4) is 0 Å². The average Bonchev–Trinajstić information content (AvgIpc) is 2.36. The summed E-state index contributed by atoms with van der Waals surface area (Å²) in [4.78, 5) is 2.41. The molecule has 2 rings (SSSR count). The number of piperidine rings is 1. The number of aliphatic hydroxyl groups is 1. The molecule has 1 heterocycles. The van der Waals surface area contributed by atoms with E-state index in [1.807, 2.05) is 0 Å². The smallest absolute Gasteiger partial charge is 0.0900 e. The first-order valence-electron chi connectivity index (χ1n) is 8.15. The molecule has 0 aromatic rings. The summed E-state index contributed by atoms with van der Waals surface area (Å²) in [5.74, 6) is 1.52. The molecule has 1 aliphatic carbocycles. The number of β-amino-alcohol motifs (C(OH)–C–C–N with tert-alkyl or cyclic N) is 1. The Morgan fingerprint density at radius 3 is 2.37 bits per heavy atom. The molecular formula is C16H31NO2. The minimum absolute atomic E-state index is 0.320. The van der Waals surface area contributed by atoms with Crippen molar-refractivity contribution in [1.29, 1.82) is 0 Å². The van der Waals surface area contributed by atoms with Crippen molar-refractivity contribution in [1.82, 2.24) is 4.90 Å². The second-order valence-corrected chi connectivity index (χ2v) is 6.91. The van der Waals surface area contributed by atoms with Gasteiger partial charge in [0, 0.05) is 19.6 Å². The summed E-state index contributed by atoms with van der Waals surface area (Å²) in [5.41, 5.74) is 0. The highest BCUT2D eigenvalue weighted by Crippen LogP contribution is 2.22. The molecule has 0 unspecified atom stereocenters.